The van der Waals surface area contributed by atoms with Gasteiger partial charge in [0.1, 0.15) is 6.04 Å². The number of nitrogens with zero attached hydrogens (tertiary/aromatic N) is 1. The summed E-state index contributed by atoms with van der Waals surface area (Å²) in [5, 5.41) is 3.19. The van der Waals surface area contributed by atoms with Crippen LogP contribution in [0.4, 0.5) is 0 Å². The molecule has 160 valence electrons. The van der Waals surface area contributed by atoms with Crippen molar-refractivity contribution in [3.63, 3.8) is 0 Å². The molecule has 2 aromatic carbocycles. The van der Waals surface area contributed by atoms with Gasteiger partial charge in [-0.05, 0) is 44.7 Å². The molecule has 0 bridgehead atoms. The number of aryl methyl sites for hydroxylation is 2. The monoisotopic (exact) mass is 406 g/mol. The van der Waals surface area contributed by atoms with Crippen molar-refractivity contribution in [3.05, 3.63) is 70.8 Å². The standard InChI is InChI=1S/C26H34N2O2/c1-19-12-14-22(15-13-19)18-28(25(29)17-23-9-7-8-20(2)16-23)21(3)26(30)27-24-10-5-4-6-11-24/h7-9,12-16,21,24H,4-6,10-11,17-18H2,1-3H3,(H,27,30)/t21-/m1/s1. The molecule has 0 heterocycles. The normalized spacial score (nSPS) is 15.4. The molecule has 0 radical (unpaired) electrons. The summed E-state index contributed by atoms with van der Waals surface area (Å²) in [5.41, 5.74) is 4.33. The maximum atomic E-state index is 13.3. The lowest BCUT2D eigenvalue weighted by atomic mass is 9.95. The molecular formula is C26H34N2O2. The Labute approximate surface area is 180 Å². The number of carbonyl (C=O) groups is 2. The van der Waals surface area contributed by atoms with E-state index in [1.807, 2.05) is 69.3 Å². The Balaban J connectivity index is 1.75. The van der Waals surface area contributed by atoms with Gasteiger partial charge in [0, 0.05) is 12.6 Å². The molecule has 4 heteroatoms. The lowest BCUT2D eigenvalue weighted by Crippen LogP contribution is -2.50. The molecule has 3 rings (SSSR count). The number of amides is 2. The number of carbonyl (C=O) groups excluding carboxylic acids is 2. The molecule has 2 aromatic rings. The number of hydrogen-bond acceptors (Lipinski definition) is 2. The van der Waals surface area contributed by atoms with Gasteiger partial charge in [0.2, 0.25) is 11.8 Å². The highest BCUT2D eigenvalue weighted by molar-refractivity contribution is 5.88. The van der Waals surface area contributed by atoms with Crippen LogP contribution in [0.2, 0.25) is 0 Å². The maximum absolute atomic E-state index is 13.3. The average molecular weight is 407 g/mol. The van der Waals surface area contributed by atoms with Gasteiger partial charge in [0.25, 0.3) is 0 Å². The zero-order valence-electron chi connectivity index (χ0n) is 18.5. The Morgan fingerprint density at radius 2 is 1.67 bits per heavy atom. The van der Waals surface area contributed by atoms with E-state index in [1.54, 1.807) is 4.90 Å². The van der Waals surface area contributed by atoms with Crippen molar-refractivity contribution in [2.24, 2.45) is 0 Å². The summed E-state index contributed by atoms with van der Waals surface area (Å²) in [6.45, 7) is 6.35. The molecule has 1 N–H and O–H groups in total. The Morgan fingerprint density at radius 3 is 2.33 bits per heavy atom. The number of hydrogen-bond donors (Lipinski definition) is 1. The fourth-order valence-electron chi connectivity index (χ4n) is 4.14. The van der Waals surface area contributed by atoms with Crippen LogP contribution in [0.25, 0.3) is 0 Å². The summed E-state index contributed by atoms with van der Waals surface area (Å²) in [4.78, 5) is 28.0. The van der Waals surface area contributed by atoms with Crippen LogP contribution >= 0.6 is 0 Å². The predicted molar refractivity (Wildman–Crippen MR) is 121 cm³/mol. The minimum atomic E-state index is -0.509. The van der Waals surface area contributed by atoms with Crippen LogP contribution in [0.1, 0.15) is 61.3 Å². The quantitative estimate of drug-likeness (QED) is 0.724. The van der Waals surface area contributed by atoms with Crippen molar-refractivity contribution in [1.82, 2.24) is 10.2 Å². The van der Waals surface area contributed by atoms with E-state index < -0.39 is 6.04 Å². The van der Waals surface area contributed by atoms with E-state index in [0.717, 1.165) is 29.5 Å². The zero-order valence-corrected chi connectivity index (χ0v) is 18.5. The largest absolute Gasteiger partial charge is 0.352 e. The van der Waals surface area contributed by atoms with E-state index in [-0.39, 0.29) is 17.9 Å². The topological polar surface area (TPSA) is 49.4 Å². The van der Waals surface area contributed by atoms with Gasteiger partial charge < -0.3 is 10.2 Å². The van der Waals surface area contributed by atoms with Crippen molar-refractivity contribution in [1.29, 1.82) is 0 Å². The number of benzene rings is 2. The number of nitrogens with one attached hydrogen (secondary N) is 1. The van der Waals surface area contributed by atoms with Crippen molar-refractivity contribution in [2.75, 3.05) is 0 Å². The molecule has 30 heavy (non-hydrogen) atoms. The van der Waals surface area contributed by atoms with Crippen LogP contribution in [0.15, 0.2) is 48.5 Å². The molecule has 0 aromatic heterocycles. The van der Waals surface area contributed by atoms with Gasteiger partial charge in [-0.1, -0.05) is 78.9 Å². The summed E-state index contributed by atoms with van der Waals surface area (Å²) in [7, 11) is 0. The minimum Gasteiger partial charge on any atom is -0.352 e. The van der Waals surface area contributed by atoms with Crippen molar-refractivity contribution >= 4 is 11.8 Å². The fraction of sp³-hybridized carbons (Fsp3) is 0.462. The molecule has 0 aliphatic heterocycles. The highest BCUT2D eigenvalue weighted by atomic mass is 16.2. The average Bonchev–Trinajstić information content (AvgIpc) is 2.73. The molecule has 4 nitrogen and oxygen atoms in total. The van der Waals surface area contributed by atoms with E-state index in [0.29, 0.717) is 13.0 Å². The second kappa shape index (κ2) is 10.4. The van der Waals surface area contributed by atoms with Crippen LogP contribution in [0.5, 0.6) is 0 Å². The Hall–Kier alpha value is -2.62. The second-order valence-corrected chi connectivity index (χ2v) is 8.69. The highest BCUT2D eigenvalue weighted by Crippen LogP contribution is 2.19. The van der Waals surface area contributed by atoms with E-state index in [9.17, 15) is 9.59 Å². The van der Waals surface area contributed by atoms with Crippen LogP contribution in [0, 0.1) is 13.8 Å². The molecular weight excluding hydrogens is 372 g/mol. The molecule has 1 aliphatic carbocycles. The summed E-state index contributed by atoms with van der Waals surface area (Å²) < 4.78 is 0. The second-order valence-electron chi connectivity index (χ2n) is 8.69. The lowest BCUT2D eigenvalue weighted by molar-refractivity contribution is -0.140. The summed E-state index contributed by atoms with van der Waals surface area (Å²) in [5.74, 6) is -0.0703. The van der Waals surface area contributed by atoms with Crippen molar-refractivity contribution in [2.45, 2.75) is 77.9 Å². The van der Waals surface area contributed by atoms with E-state index in [4.69, 9.17) is 0 Å². The molecule has 2 amide bonds. The predicted octanol–water partition coefficient (Wildman–Crippen LogP) is 4.71. The molecule has 1 saturated carbocycles. The van der Waals surface area contributed by atoms with Gasteiger partial charge in [0.05, 0.1) is 6.42 Å². The van der Waals surface area contributed by atoms with E-state index in [1.165, 1.54) is 24.8 Å². The first kappa shape index (κ1) is 22.1. The smallest absolute Gasteiger partial charge is 0.242 e. The number of rotatable bonds is 7. The van der Waals surface area contributed by atoms with Gasteiger partial charge >= 0.3 is 0 Å². The maximum Gasteiger partial charge on any atom is 0.242 e. The van der Waals surface area contributed by atoms with Gasteiger partial charge in [0.15, 0.2) is 0 Å². The SMILES string of the molecule is Cc1ccc(CN(C(=O)Cc2cccc(C)c2)[C@H](C)C(=O)NC2CCCCC2)cc1. The van der Waals surface area contributed by atoms with Crippen LogP contribution in [-0.2, 0) is 22.6 Å². The molecule has 1 atom stereocenters. The van der Waals surface area contributed by atoms with Gasteiger partial charge in [-0.15, -0.1) is 0 Å². The Morgan fingerprint density at radius 1 is 0.967 bits per heavy atom. The Bertz CT molecular complexity index is 854. The van der Waals surface area contributed by atoms with Gasteiger partial charge in [-0.3, -0.25) is 9.59 Å². The third kappa shape index (κ3) is 6.19. The van der Waals surface area contributed by atoms with E-state index in [2.05, 4.69) is 5.32 Å². The van der Waals surface area contributed by atoms with Crippen LogP contribution < -0.4 is 5.32 Å². The van der Waals surface area contributed by atoms with E-state index >= 15 is 0 Å². The van der Waals surface area contributed by atoms with Crippen LogP contribution in [0.3, 0.4) is 0 Å². The minimum absolute atomic E-state index is 0.0209. The molecule has 1 aliphatic rings. The van der Waals surface area contributed by atoms with Crippen molar-refractivity contribution < 1.29 is 9.59 Å². The zero-order chi connectivity index (χ0) is 21.5. The first-order valence-corrected chi connectivity index (χ1v) is 11.1. The molecule has 0 saturated heterocycles. The van der Waals surface area contributed by atoms with Crippen molar-refractivity contribution in [3.8, 4) is 0 Å². The summed E-state index contributed by atoms with van der Waals surface area (Å²) in [6, 6.07) is 15.9. The van der Waals surface area contributed by atoms with Gasteiger partial charge in [-0.2, -0.15) is 0 Å². The first-order chi connectivity index (χ1) is 14.4. The fourth-order valence-corrected chi connectivity index (χ4v) is 4.14. The lowest BCUT2D eigenvalue weighted by Gasteiger charge is -2.31. The summed E-state index contributed by atoms with van der Waals surface area (Å²) in [6.07, 6.45) is 5.95. The third-order valence-electron chi connectivity index (χ3n) is 6.03. The molecule has 0 unspecified atom stereocenters. The van der Waals surface area contributed by atoms with Gasteiger partial charge in [-0.25, -0.2) is 0 Å². The van der Waals surface area contributed by atoms with Crippen LogP contribution in [-0.4, -0.2) is 28.8 Å². The highest BCUT2D eigenvalue weighted by Gasteiger charge is 2.28. The summed E-state index contributed by atoms with van der Waals surface area (Å²) >= 11 is 0. The first-order valence-electron chi connectivity index (χ1n) is 11.1. The third-order valence-corrected chi connectivity index (χ3v) is 6.03. The Kier molecular flexibility index (Phi) is 7.67. The molecule has 1 fully saturated rings. The molecule has 0 spiro atoms.